The van der Waals surface area contributed by atoms with Crippen LogP contribution in [0.25, 0.3) is 22.4 Å². The third-order valence-corrected chi connectivity index (χ3v) is 7.20. The van der Waals surface area contributed by atoms with Crippen LogP contribution in [0.3, 0.4) is 0 Å². The molecule has 2 saturated heterocycles. The van der Waals surface area contributed by atoms with Crippen LogP contribution in [0.1, 0.15) is 32.1 Å². The number of aromatic nitrogens is 4. The number of anilines is 1. The monoisotopic (exact) mass is 462 g/mol. The van der Waals surface area contributed by atoms with E-state index in [1.54, 1.807) is 30.7 Å². The molecule has 2 unspecified atom stereocenters. The summed E-state index contributed by atoms with van der Waals surface area (Å²) in [5, 5.41) is 21.9. The molecule has 2 bridgehead atoms. The molecule has 0 spiro atoms. The summed E-state index contributed by atoms with van der Waals surface area (Å²) in [6, 6.07) is 7.62. The van der Waals surface area contributed by atoms with Gasteiger partial charge in [-0.2, -0.15) is 5.10 Å². The second kappa shape index (κ2) is 8.47. The number of benzene rings is 1. The number of halogens is 1. The highest BCUT2D eigenvalue weighted by atomic mass is 19.1. The van der Waals surface area contributed by atoms with Gasteiger partial charge < -0.3 is 20.1 Å². The molecule has 9 heteroatoms. The normalized spacial score (nSPS) is 25.8. The van der Waals surface area contributed by atoms with Gasteiger partial charge in [-0.3, -0.25) is 4.98 Å². The number of alkyl halides is 1. The van der Waals surface area contributed by atoms with Crippen molar-refractivity contribution < 1.29 is 14.2 Å². The zero-order chi connectivity index (χ0) is 23.2. The lowest BCUT2D eigenvalue weighted by Gasteiger charge is -2.41. The SMILES string of the molecule is COc1cc(-c2ccc(-c3cnc(N(C4CC4)[C@H]4CC5CCC(N5)[C@H]4F)cn3)c(O)c2)cnn1. The van der Waals surface area contributed by atoms with Gasteiger partial charge in [0.15, 0.2) is 0 Å². The van der Waals surface area contributed by atoms with E-state index in [-0.39, 0.29) is 17.8 Å². The molecular weight excluding hydrogens is 435 g/mol. The van der Waals surface area contributed by atoms with E-state index in [2.05, 4.69) is 30.4 Å². The van der Waals surface area contributed by atoms with Crippen LogP contribution in [-0.4, -0.2) is 62.7 Å². The fraction of sp³-hybridized carbons (Fsp3) is 0.440. The van der Waals surface area contributed by atoms with Crippen molar-refractivity contribution in [2.75, 3.05) is 12.0 Å². The summed E-state index contributed by atoms with van der Waals surface area (Å²) in [5.74, 6) is 1.21. The van der Waals surface area contributed by atoms with E-state index in [4.69, 9.17) is 4.74 Å². The van der Waals surface area contributed by atoms with Crippen LogP contribution in [0, 0.1) is 0 Å². The second-order valence-electron chi connectivity index (χ2n) is 9.41. The Balaban J connectivity index is 1.26. The van der Waals surface area contributed by atoms with Gasteiger partial charge in [0, 0.05) is 35.3 Å². The number of ether oxygens (including phenoxy) is 1. The molecule has 4 atom stereocenters. The minimum absolute atomic E-state index is 0.0525. The van der Waals surface area contributed by atoms with Crippen LogP contribution >= 0.6 is 0 Å². The predicted molar refractivity (Wildman–Crippen MR) is 125 cm³/mol. The fourth-order valence-electron chi connectivity index (χ4n) is 5.35. The molecule has 3 aliphatic rings. The number of rotatable bonds is 6. The van der Waals surface area contributed by atoms with Crippen LogP contribution in [0.5, 0.6) is 11.6 Å². The van der Waals surface area contributed by atoms with Gasteiger partial charge in [0.25, 0.3) is 0 Å². The molecule has 176 valence electrons. The third-order valence-electron chi connectivity index (χ3n) is 7.20. The van der Waals surface area contributed by atoms with Gasteiger partial charge in [0.2, 0.25) is 5.88 Å². The van der Waals surface area contributed by atoms with Crippen molar-refractivity contribution in [1.29, 1.82) is 0 Å². The molecule has 34 heavy (non-hydrogen) atoms. The molecular formula is C25H27FN6O2. The summed E-state index contributed by atoms with van der Waals surface area (Å²) in [5.41, 5.74) is 2.72. The average molecular weight is 463 g/mol. The fourth-order valence-corrected chi connectivity index (χ4v) is 5.35. The van der Waals surface area contributed by atoms with Gasteiger partial charge in [0.05, 0.1) is 37.4 Å². The lowest BCUT2D eigenvalue weighted by molar-refractivity contribution is 0.171. The number of hydrogen-bond donors (Lipinski definition) is 2. The van der Waals surface area contributed by atoms with Crippen molar-refractivity contribution in [2.45, 2.75) is 62.4 Å². The number of nitrogens with zero attached hydrogens (tertiary/aromatic N) is 5. The number of methoxy groups -OCH3 is 1. The minimum atomic E-state index is -0.904. The van der Waals surface area contributed by atoms with Gasteiger partial charge in [-0.05, 0) is 49.8 Å². The maximum Gasteiger partial charge on any atom is 0.233 e. The van der Waals surface area contributed by atoms with E-state index in [9.17, 15) is 5.11 Å². The minimum Gasteiger partial charge on any atom is -0.507 e. The smallest absolute Gasteiger partial charge is 0.233 e. The van der Waals surface area contributed by atoms with Crippen molar-refractivity contribution in [2.24, 2.45) is 0 Å². The second-order valence-corrected chi connectivity index (χ2v) is 9.41. The molecule has 1 aliphatic carbocycles. The molecule has 1 saturated carbocycles. The van der Waals surface area contributed by atoms with Crippen LogP contribution in [0.2, 0.25) is 0 Å². The molecule has 4 heterocycles. The number of fused-ring (bicyclic) bond motifs is 2. The van der Waals surface area contributed by atoms with Crippen molar-refractivity contribution in [3.05, 3.63) is 42.9 Å². The zero-order valence-corrected chi connectivity index (χ0v) is 18.9. The summed E-state index contributed by atoms with van der Waals surface area (Å²) in [4.78, 5) is 11.4. The van der Waals surface area contributed by atoms with Crippen molar-refractivity contribution in [3.63, 3.8) is 0 Å². The van der Waals surface area contributed by atoms with Gasteiger partial charge in [-0.1, -0.05) is 6.07 Å². The van der Waals surface area contributed by atoms with Crippen molar-refractivity contribution >= 4 is 5.82 Å². The first-order valence-electron chi connectivity index (χ1n) is 11.8. The molecule has 2 aliphatic heterocycles. The van der Waals surface area contributed by atoms with Gasteiger partial charge in [0.1, 0.15) is 17.7 Å². The number of phenolic OH excluding ortho intramolecular Hbond substituents is 1. The molecule has 3 aromatic rings. The predicted octanol–water partition coefficient (Wildman–Crippen LogP) is 3.51. The molecule has 3 fully saturated rings. The Bertz CT molecular complexity index is 1190. The van der Waals surface area contributed by atoms with Crippen LogP contribution in [0.15, 0.2) is 42.9 Å². The zero-order valence-electron chi connectivity index (χ0n) is 18.9. The standard InChI is InChI=1S/C25H27FN6O2/c1-34-24-9-15(11-29-31-24)14-2-6-18(22(33)8-14)20-12-28-23(13-27-20)32(17-4-5-17)21-10-16-3-7-19(30-16)25(21)26/h2,6,8-9,11-13,16-17,19,21,25,30,33H,3-5,7,10H2,1H3/t16?,19?,21-,25+/m0/s1. The van der Waals surface area contributed by atoms with E-state index in [1.165, 1.54) is 7.11 Å². The number of phenols is 1. The molecule has 2 aromatic heterocycles. The Morgan fingerprint density at radius 1 is 1.06 bits per heavy atom. The van der Waals surface area contributed by atoms with E-state index in [0.717, 1.165) is 43.2 Å². The topological polar surface area (TPSA) is 96.3 Å². The molecule has 6 rings (SSSR count). The average Bonchev–Trinajstić information content (AvgIpc) is 3.62. The highest BCUT2D eigenvalue weighted by Crippen LogP contribution is 2.40. The van der Waals surface area contributed by atoms with Crippen molar-refractivity contribution in [1.82, 2.24) is 25.5 Å². The molecule has 1 aromatic carbocycles. The first-order chi connectivity index (χ1) is 16.6. The quantitative estimate of drug-likeness (QED) is 0.575. The molecule has 2 N–H and O–H groups in total. The lowest BCUT2D eigenvalue weighted by Crippen LogP contribution is -2.57. The van der Waals surface area contributed by atoms with Crippen LogP contribution < -0.4 is 15.0 Å². The first kappa shape index (κ1) is 21.2. The summed E-state index contributed by atoms with van der Waals surface area (Å²) in [7, 11) is 1.53. The summed E-state index contributed by atoms with van der Waals surface area (Å²) >= 11 is 0. The maximum atomic E-state index is 15.3. The highest BCUT2D eigenvalue weighted by molar-refractivity contribution is 5.74. The van der Waals surface area contributed by atoms with E-state index in [0.29, 0.717) is 35.0 Å². The lowest BCUT2D eigenvalue weighted by atomic mass is 9.96. The van der Waals surface area contributed by atoms with Crippen LogP contribution in [-0.2, 0) is 0 Å². The number of piperidine rings is 1. The largest absolute Gasteiger partial charge is 0.507 e. The number of hydrogen-bond acceptors (Lipinski definition) is 8. The Kier molecular flexibility index (Phi) is 5.28. The highest BCUT2D eigenvalue weighted by Gasteiger charge is 2.48. The number of nitrogens with one attached hydrogen (secondary N) is 1. The van der Waals surface area contributed by atoms with Gasteiger partial charge >= 0.3 is 0 Å². The number of aromatic hydroxyl groups is 1. The van der Waals surface area contributed by atoms with Crippen molar-refractivity contribution in [3.8, 4) is 34.0 Å². The Morgan fingerprint density at radius 3 is 2.68 bits per heavy atom. The van der Waals surface area contributed by atoms with Gasteiger partial charge in [-0.25, -0.2) is 9.37 Å². The Morgan fingerprint density at radius 2 is 1.94 bits per heavy atom. The summed E-state index contributed by atoms with van der Waals surface area (Å²) in [6.45, 7) is 0. The van der Waals surface area contributed by atoms with Crippen LogP contribution in [0.4, 0.5) is 10.2 Å². The Hall–Kier alpha value is -3.33. The summed E-state index contributed by atoms with van der Waals surface area (Å²) in [6.07, 6.45) is 8.97. The third kappa shape index (κ3) is 3.83. The maximum absolute atomic E-state index is 15.3. The van der Waals surface area contributed by atoms with E-state index in [1.807, 2.05) is 12.1 Å². The van der Waals surface area contributed by atoms with E-state index >= 15 is 4.39 Å². The van der Waals surface area contributed by atoms with E-state index < -0.39 is 6.17 Å². The first-order valence-corrected chi connectivity index (χ1v) is 11.8. The molecule has 0 radical (unpaired) electrons. The van der Waals surface area contributed by atoms with Gasteiger partial charge in [-0.15, -0.1) is 5.10 Å². The molecule has 8 nitrogen and oxygen atoms in total. The summed E-state index contributed by atoms with van der Waals surface area (Å²) < 4.78 is 20.4. The Labute approximate surface area is 197 Å². The molecule has 0 amide bonds.